The van der Waals surface area contributed by atoms with Crippen LogP contribution in [0, 0.1) is 23.2 Å². The minimum Gasteiger partial charge on any atom is -0.330 e. The first-order valence-electron chi connectivity index (χ1n) is 7.59. The molecule has 2 rings (SSSR count). The van der Waals surface area contributed by atoms with Crippen molar-refractivity contribution in [3.05, 3.63) is 30.1 Å². The van der Waals surface area contributed by atoms with Crippen LogP contribution in [0.15, 0.2) is 24.5 Å². The lowest BCUT2D eigenvalue weighted by Crippen LogP contribution is -2.36. The van der Waals surface area contributed by atoms with E-state index in [1.807, 2.05) is 12.4 Å². The van der Waals surface area contributed by atoms with Gasteiger partial charge >= 0.3 is 0 Å². The Morgan fingerprint density at radius 2 is 1.84 bits per heavy atom. The molecule has 2 nitrogen and oxygen atoms in total. The lowest BCUT2D eigenvalue weighted by atomic mass is 9.64. The number of rotatable bonds is 3. The molecule has 1 aliphatic carbocycles. The van der Waals surface area contributed by atoms with Crippen molar-refractivity contribution in [2.45, 2.75) is 46.5 Å². The first-order chi connectivity index (χ1) is 9.00. The van der Waals surface area contributed by atoms with Gasteiger partial charge < -0.3 is 5.73 Å². The van der Waals surface area contributed by atoms with Gasteiger partial charge in [0.15, 0.2) is 0 Å². The predicted molar refractivity (Wildman–Crippen MR) is 80.8 cm³/mol. The van der Waals surface area contributed by atoms with Crippen molar-refractivity contribution in [2.75, 3.05) is 6.54 Å². The van der Waals surface area contributed by atoms with Crippen LogP contribution in [-0.4, -0.2) is 11.5 Å². The van der Waals surface area contributed by atoms with Gasteiger partial charge in [-0.2, -0.15) is 0 Å². The average molecular weight is 260 g/mol. The molecule has 3 unspecified atom stereocenters. The van der Waals surface area contributed by atoms with E-state index in [4.69, 9.17) is 5.73 Å². The number of nitrogens with zero attached hydrogens (tertiary/aromatic N) is 1. The summed E-state index contributed by atoms with van der Waals surface area (Å²) in [6.07, 6.45) is 8.94. The fourth-order valence-corrected chi connectivity index (χ4v) is 3.50. The van der Waals surface area contributed by atoms with Gasteiger partial charge in [0, 0.05) is 12.4 Å². The maximum atomic E-state index is 5.99. The van der Waals surface area contributed by atoms with Crippen molar-refractivity contribution in [3.8, 4) is 0 Å². The Hall–Kier alpha value is -0.890. The van der Waals surface area contributed by atoms with Gasteiger partial charge in [0.25, 0.3) is 0 Å². The van der Waals surface area contributed by atoms with Crippen LogP contribution in [-0.2, 0) is 6.42 Å². The molecule has 1 aromatic rings. The van der Waals surface area contributed by atoms with E-state index in [1.54, 1.807) is 0 Å². The minimum absolute atomic E-state index is 0.427. The molecule has 1 aromatic heterocycles. The molecule has 1 heterocycles. The third kappa shape index (κ3) is 3.79. The first kappa shape index (κ1) is 14.5. The summed E-state index contributed by atoms with van der Waals surface area (Å²) in [5.74, 6) is 2.28. The largest absolute Gasteiger partial charge is 0.330 e. The van der Waals surface area contributed by atoms with Crippen molar-refractivity contribution in [1.29, 1.82) is 0 Å². The molecule has 0 amide bonds. The van der Waals surface area contributed by atoms with Gasteiger partial charge in [0.05, 0.1) is 0 Å². The molecule has 19 heavy (non-hydrogen) atoms. The summed E-state index contributed by atoms with van der Waals surface area (Å²) in [5, 5.41) is 0. The van der Waals surface area contributed by atoms with Crippen LogP contribution in [0.2, 0.25) is 0 Å². The smallest absolute Gasteiger partial charge is 0.0270 e. The highest BCUT2D eigenvalue weighted by atomic mass is 14.6. The molecule has 0 radical (unpaired) electrons. The Labute approximate surface area is 117 Å². The fraction of sp³-hybridized carbons (Fsp3) is 0.706. The monoisotopic (exact) mass is 260 g/mol. The van der Waals surface area contributed by atoms with Crippen LogP contribution < -0.4 is 5.73 Å². The molecule has 1 aliphatic rings. The molecule has 0 bridgehead atoms. The standard InChI is InChI=1S/C17H28N2/c1-17(2,3)16-5-4-14(12-18)15(11-16)10-13-6-8-19-9-7-13/h6-9,14-16H,4-5,10-12,18H2,1-3H3. The Kier molecular flexibility index (Phi) is 4.62. The fourth-order valence-electron chi connectivity index (χ4n) is 3.50. The lowest BCUT2D eigenvalue weighted by molar-refractivity contribution is 0.101. The molecule has 0 aliphatic heterocycles. The molecule has 106 valence electrons. The predicted octanol–water partition coefficient (Wildman–Crippen LogP) is 3.66. The average Bonchev–Trinajstić information content (AvgIpc) is 2.39. The van der Waals surface area contributed by atoms with E-state index in [1.165, 1.54) is 24.8 Å². The maximum Gasteiger partial charge on any atom is 0.0270 e. The van der Waals surface area contributed by atoms with Crippen LogP contribution >= 0.6 is 0 Å². The SMILES string of the molecule is CC(C)(C)C1CCC(CN)C(Cc2ccncc2)C1. The van der Waals surface area contributed by atoms with Crippen molar-refractivity contribution < 1.29 is 0 Å². The molecule has 3 atom stereocenters. The van der Waals surface area contributed by atoms with Gasteiger partial charge in [-0.05, 0) is 73.1 Å². The third-order valence-corrected chi connectivity index (χ3v) is 4.91. The van der Waals surface area contributed by atoms with Gasteiger partial charge in [-0.25, -0.2) is 0 Å². The van der Waals surface area contributed by atoms with Gasteiger partial charge in [-0.15, -0.1) is 0 Å². The molecule has 1 saturated carbocycles. The van der Waals surface area contributed by atoms with E-state index in [9.17, 15) is 0 Å². The third-order valence-electron chi connectivity index (χ3n) is 4.91. The van der Waals surface area contributed by atoms with E-state index in [0.717, 1.165) is 24.8 Å². The first-order valence-corrected chi connectivity index (χ1v) is 7.59. The lowest BCUT2D eigenvalue weighted by Gasteiger charge is -2.41. The summed E-state index contributed by atoms with van der Waals surface area (Å²) in [6.45, 7) is 7.98. The van der Waals surface area contributed by atoms with E-state index >= 15 is 0 Å². The molecule has 2 heteroatoms. The van der Waals surface area contributed by atoms with Crippen molar-refractivity contribution in [3.63, 3.8) is 0 Å². The summed E-state index contributed by atoms with van der Waals surface area (Å²) in [4.78, 5) is 4.11. The minimum atomic E-state index is 0.427. The molecule has 0 saturated heterocycles. The van der Waals surface area contributed by atoms with Crippen LogP contribution in [0.4, 0.5) is 0 Å². The molecule has 0 spiro atoms. The number of hydrogen-bond acceptors (Lipinski definition) is 2. The second-order valence-corrected chi connectivity index (χ2v) is 7.19. The zero-order valence-electron chi connectivity index (χ0n) is 12.6. The molecular formula is C17H28N2. The summed E-state index contributed by atoms with van der Waals surface area (Å²) >= 11 is 0. The number of nitrogens with two attached hydrogens (primary N) is 1. The van der Waals surface area contributed by atoms with Crippen LogP contribution in [0.1, 0.15) is 45.6 Å². The van der Waals surface area contributed by atoms with E-state index in [-0.39, 0.29) is 0 Å². The summed E-state index contributed by atoms with van der Waals surface area (Å²) in [5.41, 5.74) is 7.83. The second kappa shape index (κ2) is 6.04. The topological polar surface area (TPSA) is 38.9 Å². The quantitative estimate of drug-likeness (QED) is 0.900. The zero-order valence-corrected chi connectivity index (χ0v) is 12.6. The van der Waals surface area contributed by atoms with E-state index in [0.29, 0.717) is 11.3 Å². The normalized spacial score (nSPS) is 28.3. The summed E-state index contributed by atoms with van der Waals surface area (Å²) < 4.78 is 0. The molecule has 1 fully saturated rings. The Balaban J connectivity index is 2.06. The van der Waals surface area contributed by atoms with Crippen LogP contribution in [0.25, 0.3) is 0 Å². The van der Waals surface area contributed by atoms with Gasteiger partial charge in [0.1, 0.15) is 0 Å². The summed E-state index contributed by atoms with van der Waals surface area (Å²) in [7, 11) is 0. The van der Waals surface area contributed by atoms with Gasteiger partial charge in [0.2, 0.25) is 0 Å². The highest BCUT2D eigenvalue weighted by molar-refractivity contribution is 5.11. The number of pyridine rings is 1. The Bertz CT molecular complexity index is 380. The van der Waals surface area contributed by atoms with Crippen molar-refractivity contribution in [2.24, 2.45) is 28.9 Å². The second-order valence-electron chi connectivity index (χ2n) is 7.19. The maximum absolute atomic E-state index is 5.99. The number of aromatic nitrogens is 1. The van der Waals surface area contributed by atoms with E-state index < -0.39 is 0 Å². The molecular weight excluding hydrogens is 232 g/mol. The van der Waals surface area contributed by atoms with E-state index in [2.05, 4.69) is 37.9 Å². The molecule has 2 N–H and O–H groups in total. The zero-order chi connectivity index (χ0) is 13.9. The Morgan fingerprint density at radius 1 is 1.16 bits per heavy atom. The Morgan fingerprint density at radius 3 is 2.42 bits per heavy atom. The highest BCUT2D eigenvalue weighted by Gasteiger charge is 2.35. The van der Waals surface area contributed by atoms with Crippen LogP contribution in [0.5, 0.6) is 0 Å². The summed E-state index contributed by atoms with van der Waals surface area (Å²) in [6, 6.07) is 4.29. The number of hydrogen-bond donors (Lipinski definition) is 1. The highest BCUT2D eigenvalue weighted by Crippen LogP contribution is 2.43. The van der Waals surface area contributed by atoms with Crippen molar-refractivity contribution >= 4 is 0 Å². The van der Waals surface area contributed by atoms with Crippen molar-refractivity contribution in [1.82, 2.24) is 4.98 Å². The van der Waals surface area contributed by atoms with Crippen LogP contribution in [0.3, 0.4) is 0 Å². The van der Waals surface area contributed by atoms with Gasteiger partial charge in [-0.3, -0.25) is 4.98 Å². The molecule has 0 aromatic carbocycles. The van der Waals surface area contributed by atoms with Gasteiger partial charge in [-0.1, -0.05) is 20.8 Å².